The number of carbonyl (C=O) groups excluding carboxylic acids is 1. The van der Waals surface area contributed by atoms with E-state index in [0.29, 0.717) is 6.04 Å². The summed E-state index contributed by atoms with van der Waals surface area (Å²) in [6, 6.07) is 10.4. The van der Waals surface area contributed by atoms with Crippen molar-refractivity contribution >= 4 is 17.3 Å². The molecule has 1 saturated carbocycles. The first-order valence-electron chi connectivity index (χ1n) is 7.16. The Hall–Kier alpha value is -2.23. The van der Waals surface area contributed by atoms with Gasteiger partial charge in [0.1, 0.15) is 5.69 Å². The van der Waals surface area contributed by atoms with E-state index in [1.165, 1.54) is 24.1 Å². The summed E-state index contributed by atoms with van der Waals surface area (Å²) in [5.41, 5.74) is 4.09. The largest absolute Gasteiger partial charge is 0.384 e. The number of fused-ring (bicyclic) bond motifs is 1. The van der Waals surface area contributed by atoms with E-state index in [1.807, 2.05) is 30.5 Å². The molecule has 1 aliphatic carbocycles. The van der Waals surface area contributed by atoms with E-state index in [9.17, 15) is 4.79 Å². The lowest BCUT2D eigenvalue weighted by molar-refractivity contribution is 0.101. The number of hydrogen-bond donors (Lipinski definition) is 2. The molecule has 0 radical (unpaired) electrons. The molecule has 2 aromatic rings. The van der Waals surface area contributed by atoms with Crippen molar-refractivity contribution in [3.63, 3.8) is 0 Å². The molecule has 4 heteroatoms. The lowest BCUT2D eigenvalue weighted by atomic mass is 10.1. The second-order valence-electron chi connectivity index (χ2n) is 5.53. The van der Waals surface area contributed by atoms with Gasteiger partial charge in [-0.2, -0.15) is 0 Å². The maximum absolute atomic E-state index is 12.4. The SMILES string of the molecule is O=C(Nc1ccc2c(c1)CCN2)c1cccn1C1CC1. The Morgan fingerprint density at radius 2 is 2.20 bits per heavy atom. The van der Waals surface area contributed by atoms with Crippen molar-refractivity contribution in [2.45, 2.75) is 25.3 Å². The number of aromatic nitrogens is 1. The van der Waals surface area contributed by atoms with Crippen LogP contribution in [-0.4, -0.2) is 17.0 Å². The topological polar surface area (TPSA) is 46.1 Å². The summed E-state index contributed by atoms with van der Waals surface area (Å²) in [7, 11) is 0. The number of hydrogen-bond acceptors (Lipinski definition) is 2. The molecule has 2 heterocycles. The van der Waals surface area contributed by atoms with E-state index in [0.717, 1.165) is 24.3 Å². The van der Waals surface area contributed by atoms with Crippen molar-refractivity contribution < 1.29 is 4.79 Å². The fourth-order valence-corrected chi connectivity index (χ4v) is 2.84. The van der Waals surface area contributed by atoms with Crippen molar-refractivity contribution in [1.29, 1.82) is 0 Å². The van der Waals surface area contributed by atoms with Crippen LogP contribution in [0.4, 0.5) is 11.4 Å². The van der Waals surface area contributed by atoms with Crippen molar-refractivity contribution in [3.8, 4) is 0 Å². The highest BCUT2D eigenvalue weighted by atomic mass is 16.1. The molecule has 1 aliphatic heterocycles. The van der Waals surface area contributed by atoms with E-state index < -0.39 is 0 Å². The summed E-state index contributed by atoms with van der Waals surface area (Å²) in [4.78, 5) is 12.4. The van der Waals surface area contributed by atoms with E-state index in [2.05, 4.69) is 21.3 Å². The highest BCUT2D eigenvalue weighted by Crippen LogP contribution is 2.36. The Balaban J connectivity index is 1.56. The molecule has 2 aliphatic rings. The summed E-state index contributed by atoms with van der Waals surface area (Å²) in [6.07, 6.45) is 5.38. The summed E-state index contributed by atoms with van der Waals surface area (Å²) in [5.74, 6) is -0.0205. The molecule has 1 fully saturated rings. The van der Waals surface area contributed by atoms with Gasteiger partial charge < -0.3 is 15.2 Å². The Morgan fingerprint density at radius 3 is 3.05 bits per heavy atom. The number of rotatable bonds is 3. The van der Waals surface area contributed by atoms with Crippen LogP contribution in [-0.2, 0) is 6.42 Å². The first-order valence-corrected chi connectivity index (χ1v) is 7.16. The molecule has 0 unspecified atom stereocenters. The standard InChI is InChI=1S/C16H17N3O/c20-16(15-2-1-9-19(15)13-4-5-13)18-12-3-6-14-11(10-12)7-8-17-14/h1-3,6,9-10,13,17H,4-5,7-8H2,(H,18,20). The van der Waals surface area contributed by atoms with Crippen molar-refractivity contribution in [2.75, 3.05) is 17.2 Å². The molecule has 0 atom stereocenters. The quantitative estimate of drug-likeness (QED) is 0.898. The van der Waals surface area contributed by atoms with Gasteiger partial charge in [0, 0.05) is 30.2 Å². The van der Waals surface area contributed by atoms with E-state index in [4.69, 9.17) is 0 Å². The molecule has 4 rings (SSSR count). The van der Waals surface area contributed by atoms with Gasteiger partial charge >= 0.3 is 0 Å². The molecule has 1 aromatic heterocycles. The fraction of sp³-hybridized carbons (Fsp3) is 0.312. The van der Waals surface area contributed by atoms with Gasteiger partial charge in [0.2, 0.25) is 0 Å². The second kappa shape index (κ2) is 4.40. The van der Waals surface area contributed by atoms with Gasteiger partial charge in [-0.15, -0.1) is 0 Å². The smallest absolute Gasteiger partial charge is 0.272 e. The van der Waals surface area contributed by atoms with E-state index in [-0.39, 0.29) is 5.91 Å². The van der Waals surface area contributed by atoms with Crippen molar-refractivity contribution in [1.82, 2.24) is 4.57 Å². The molecule has 0 saturated heterocycles. The predicted octanol–water partition coefficient (Wildman–Crippen LogP) is 3.04. The van der Waals surface area contributed by atoms with Gasteiger partial charge in [-0.05, 0) is 55.2 Å². The van der Waals surface area contributed by atoms with E-state index >= 15 is 0 Å². The molecule has 1 amide bonds. The molecule has 4 nitrogen and oxygen atoms in total. The molecule has 0 spiro atoms. The number of carbonyl (C=O) groups is 1. The van der Waals surface area contributed by atoms with Crippen LogP contribution in [0.3, 0.4) is 0 Å². The normalized spacial score (nSPS) is 16.6. The van der Waals surface area contributed by atoms with Crippen LogP contribution < -0.4 is 10.6 Å². The Labute approximate surface area is 117 Å². The van der Waals surface area contributed by atoms with Gasteiger partial charge in [-0.1, -0.05) is 0 Å². The maximum Gasteiger partial charge on any atom is 0.272 e. The van der Waals surface area contributed by atoms with Gasteiger partial charge in [0.15, 0.2) is 0 Å². The second-order valence-corrected chi connectivity index (χ2v) is 5.53. The summed E-state index contributed by atoms with van der Waals surface area (Å²) in [6.45, 7) is 0.983. The van der Waals surface area contributed by atoms with Crippen LogP contribution in [0.15, 0.2) is 36.5 Å². The Morgan fingerprint density at radius 1 is 1.30 bits per heavy atom. The Bertz CT molecular complexity index is 670. The maximum atomic E-state index is 12.4. The first-order chi connectivity index (χ1) is 9.81. The summed E-state index contributed by atoms with van der Waals surface area (Å²) < 4.78 is 2.09. The van der Waals surface area contributed by atoms with Crippen LogP contribution in [0.2, 0.25) is 0 Å². The molecule has 102 valence electrons. The third-order valence-electron chi connectivity index (χ3n) is 4.02. The van der Waals surface area contributed by atoms with Gasteiger partial charge in [-0.25, -0.2) is 0 Å². The minimum absolute atomic E-state index is 0.0205. The minimum Gasteiger partial charge on any atom is -0.384 e. The molecular formula is C16H17N3O. The van der Waals surface area contributed by atoms with Crippen molar-refractivity contribution in [3.05, 3.63) is 47.8 Å². The average Bonchev–Trinajstić information content (AvgIpc) is 3.01. The third-order valence-corrected chi connectivity index (χ3v) is 4.02. The number of benzene rings is 1. The highest BCUT2D eigenvalue weighted by molar-refractivity contribution is 6.03. The molecule has 20 heavy (non-hydrogen) atoms. The number of anilines is 2. The first kappa shape index (κ1) is 11.6. The highest BCUT2D eigenvalue weighted by Gasteiger charge is 2.26. The van der Waals surface area contributed by atoms with Gasteiger partial charge in [0.25, 0.3) is 5.91 Å². The van der Waals surface area contributed by atoms with Gasteiger partial charge in [-0.3, -0.25) is 4.79 Å². The molecule has 2 N–H and O–H groups in total. The number of nitrogens with zero attached hydrogens (tertiary/aromatic N) is 1. The predicted molar refractivity (Wildman–Crippen MR) is 79.3 cm³/mol. The van der Waals surface area contributed by atoms with Crippen molar-refractivity contribution in [2.24, 2.45) is 0 Å². The third kappa shape index (κ3) is 1.97. The Kier molecular flexibility index (Phi) is 2.55. The monoisotopic (exact) mass is 267 g/mol. The fourth-order valence-electron chi connectivity index (χ4n) is 2.84. The summed E-state index contributed by atoms with van der Waals surface area (Å²) in [5, 5.41) is 6.33. The number of amides is 1. The summed E-state index contributed by atoms with van der Waals surface area (Å²) >= 11 is 0. The van der Waals surface area contributed by atoms with Crippen LogP contribution in [0.25, 0.3) is 0 Å². The van der Waals surface area contributed by atoms with Crippen LogP contribution in [0.1, 0.15) is 34.9 Å². The molecule has 1 aromatic carbocycles. The van der Waals surface area contributed by atoms with Crippen LogP contribution in [0, 0.1) is 0 Å². The van der Waals surface area contributed by atoms with Crippen LogP contribution in [0.5, 0.6) is 0 Å². The lowest BCUT2D eigenvalue weighted by Gasteiger charge is -2.10. The zero-order chi connectivity index (χ0) is 13.5. The average molecular weight is 267 g/mol. The number of nitrogens with one attached hydrogen (secondary N) is 2. The van der Waals surface area contributed by atoms with Crippen LogP contribution >= 0.6 is 0 Å². The van der Waals surface area contributed by atoms with Gasteiger partial charge in [0.05, 0.1) is 0 Å². The molecule has 0 bridgehead atoms. The minimum atomic E-state index is -0.0205. The zero-order valence-electron chi connectivity index (χ0n) is 11.2. The van der Waals surface area contributed by atoms with E-state index in [1.54, 1.807) is 0 Å². The lowest BCUT2D eigenvalue weighted by Crippen LogP contribution is -2.16. The zero-order valence-corrected chi connectivity index (χ0v) is 11.2. The molecular weight excluding hydrogens is 250 g/mol.